The quantitative estimate of drug-likeness (QED) is 0.550. The summed E-state index contributed by atoms with van der Waals surface area (Å²) in [6, 6.07) is 10.0. The summed E-state index contributed by atoms with van der Waals surface area (Å²) >= 11 is 5.60. The van der Waals surface area contributed by atoms with E-state index in [2.05, 4.69) is 10.6 Å². The fourth-order valence-corrected chi connectivity index (χ4v) is 4.53. The molecule has 2 N–H and O–H groups in total. The minimum Gasteiger partial charge on any atom is -0.493 e. The van der Waals surface area contributed by atoms with Crippen molar-refractivity contribution in [2.45, 2.75) is 32.4 Å². The van der Waals surface area contributed by atoms with Gasteiger partial charge in [0.1, 0.15) is 5.82 Å². The monoisotopic (exact) mass is 489 g/mol. The highest BCUT2D eigenvalue weighted by molar-refractivity contribution is 7.80. The number of carbonyl (C=O) groups excluding carboxylic acids is 1. The summed E-state index contributed by atoms with van der Waals surface area (Å²) in [6.07, 6.45) is 0. The fraction of sp³-hybridized carbons (Fsp3) is 0.440. The van der Waals surface area contributed by atoms with Gasteiger partial charge in [0.15, 0.2) is 16.6 Å². The number of amides is 1. The summed E-state index contributed by atoms with van der Waals surface area (Å²) in [4.78, 5) is 15.3. The largest absolute Gasteiger partial charge is 0.493 e. The van der Waals surface area contributed by atoms with Crippen molar-refractivity contribution in [1.82, 2.24) is 15.5 Å². The van der Waals surface area contributed by atoms with Crippen molar-refractivity contribution in [2.24, 2.45) is 5.92 Å². The molecule has 2 aromatic carbocycles. The molecule has 7 nitrogen and oxygen atoms in total. The highest BCUT2D eigenvalue weighted by atomic mass is 32.1. The van der Waals surface area contributed by atoms with Crippen molar-refractivity contribution < 1.29 is 23.4 Å². The maximum atomic E-state index is 13.3. The third-order valence-electron chi connectivity index (χ3n) is 5.85. The van der Waals surface area contributed by atoms with Gasteiger partial charge in [0.2, 0.25) is 11.7 Å². The topological polar surface area (TPSA) is 72.1 Å². The molecule has 1 amide bonds. The van der Waals surface area contributed by atoms with Crippen molar-refractivity contribution in [1.29, 1.82) is 0 Å². The number of halogens is 1. The minimum atomic E-state index is -0.366. The lowest BCUT2D eigenvalue weighted by molar-refractivity contribution is -0.125. The molecule has 0 saturated carbocycles. The van der Waals surface area contributed by atoms with E-state index >= 15 is 0 Å². The lowest BCUT2D eigenvalue weighted by Crippen LogP contribution is -2.42. The Bertz CT molecular complexity index is 991. The van der Waals surface area contributed by atoms with Crippen molar-refractivity contribution in [3.8, 4) is 17.2 Å². The Morgan fingerprint density at radius 2 is 1.71 bits per heavy atom. The summed E-state index contributed by atoms with van der Waals surface area (Å²) < 4.78 is 29.7. The predicted octanol–water partition coefficient (Wildman–Crippen LogP) is 3.47. The van der Waals surface area contributed by atoms with Gasteiger partial charge in [-0.1, -0.05) is 12.1 Å². The van der Waals surface area contributed by atoms with Gasteiger partial charge in [0.25, 0.3) is 0 Å². The number of thiocarbonyl (C=S) groups is 1. The molecule has 2 aromatic rings. The molecule has 1 aliphatic heterocycles. The number of benzene rings is 2. The molecule has 0 radical (unpaired) electrons. The zero-order valence-corrected chi connectivity index (χ0v) is 21.0. The second-order valence-electron chi connectivity index (χ2n) is 8.53. The lowest BCUT2D eigenvalue weighted by Gasteiger charge is -2.22. The van der Waals surface area contributed by atoms with Crippen LogP contribution in [-0.2, 0) is 11.3 Å². The summed E-state index contributed by atoms with van der Waals surface area (Å²) in [5.74, 6) is 0.627. The van der Waals surface area contributed by atoms with Gasteiger partial charge in [-0.05, 0) is 61.5 Å². The predicted molar refractivity (Wildman–Crippen MR) is 133 cm³/mol. The SMILES string of the molecule is COc1cc([C@H]2CN(C(=S)NC(C)C)C[C@@H]2C(=O)NCc2ccc(F)cc2)cc(OC)c1OC. The smallest absolute Gasteiger partial charge is 0.225 e. The maximum Gasteiger partial charge on any atom is 0.225 e. The number of methoxy groups -OCH3 is 3. The number of nitrogens with zero attached hydrogens (tertiary/aromatic N) is 1. The Balaban J connectivity index is 1.89. The van der Waals surface area contributed by atoms with Gasteiger partial charge in [-0.25, -0.2) is 4.39 Å². The molecular weight excluding hydrogens is 457 g/mol. The number of rotatable bonds is 8. The number of carbonyl (C=O) groups is 1. The van der Waals surface area contributed by atoms with Gasteiger partial charge >= 0.3 is 0 Å². The number of hydrogen-bond donors (Lipinski definition) is 2. The Morgan fingerprint density at radius 1 is 1.09 bits per heavy atom. The molecule has 0 spiro atoms. The minimum absolute atomic E-state index is 0.0991. The third kappa shape index (κ3) is 5.88. The molecule has 1 aliphatic rings. The highest BCUT2D eigenvalue weighted by Gasteiger charge is 2.40. The standard InChI is InChI=1S/C25H32FN3O4S/c1-15(2)28-25(34)29-13-19(17-10-21(31-3)23(33-5)22(11-17)32-4)20(14-29)24(30)27-12-16-6-8-18(26)9-7-16/h6-11,15,19-20H,12-14H2,1-5H3,(H,27,30)(H,28,34)/t19-,20+/m1/s1. The molecule has 0 aromatic heterocycles. The van der Waals surface area contributed by atoms with Gasteiger partial charge in [0.05, 0.1) is 27.2 Å². The van der Waals surface area contributed by atoms with Crippen LogP contribution < -0.4 is 24.8 Å². The molecule has 184 valence electrons. The van der Waals surface area contributed by atoms with Crippen LogP contribution in [0, 0.1) is 11.7 Å². The van der Waals surface area contributed by atoms with Crippen LogP contribution in [0.3, 0.4) is 0 Å². The van der Waals surface area contributed by atoms with Crippen molar-refractivity contribution in [2.75, 3.05) is 34.4 Å². The average Bonchev–Trinajstić information content (AvgIpc) is 3.28. The van der Waals surface area contributed by atoms with E-state index in [0.29, 0.717) is 42.0 Å². The number of ether oxygens (including phenoxy) is 3. The number of likely N-dealkylation sites (tertiary alicyclic amines) is 1. The van der Waals surface area contributed by atoms with E-state index in [0.717, 1.165) is 11.1 Å². The van der Waals surface area contributed by atoms with E-state index in [1.807, 2.05) is 30.9 Å². The Morgan fingerprint density at radius 3 is 2.24 bits per heavy atom. The van der Waals surface area contributed by atoms with Crippen LogP contribution in [0.4, 0.5) is 4.39 Å². The molecule has 3 rings (SSSR count). The van der Waals surface area contributed by atoms with Gasteiger partial charge in [-0.3, -0.25) is 4.79 Å². The first kappa shape index (κ1) is 25.6. The summed E-state index contributed by atoms with van der Waals surface area (Å²) in [6.45, 7) is 5.38. The Kier molecular flexibility index (Phi) is 8.55. The zero-order valence-electron chi connectivity index (χ0n) is 20.2. The molecule has 34 heavy (non-hydrogen) atoms. The van der Waals surface area contributed by atoms with E-state index in [9.17, 15) is 9.18 Å². The zero-order chi connectivity index (χ0) is 24.8. The van der Waals surface area contributed by atoms with E-state index in [1.165, 1.54) is 12.1 Å². The lowest BCUT2D eigenvalue weighted by atomic mass is 9.87. The number of hydrogen-bond acceptors (Lipinski definition) is 5. The van der Waals surface area contributed by atoms with Crippen LogP contribution in [0.1, 0.15) is 30.9 Å². The molecule has 1 heterocycles. The van der Waals surface area contributed by atoms with Crippen LogP contribution in [0.15, 0.2) is 36.4 Å². The Hall–Kier alpha value is -3.07. The molecule has 1 fully saturated rings. The van der Waals surface area contributed by atoms with Crippen molar-refractivity contribution in [3.63, 3.8) is 0 Å². The maximum absolute atomic E-state index is 13.3. The van der Waals surface area contributed by atoms with Crippen LogP contribution in [0.25, 0.3) is 0 Å². The molecule has 0 aliphatic carbocycles. The molecular formula is C25H32FN3O4S. The van der Waals surface area contributed by atoms with Crippen LogP contribution in [0.2, 0.25) is 0 Å². The average molecular weight is 490 g/mol. The first-order valence-corrected chi connectivity index (χ1v) is 11.6. The molecule has 2 atom stereocenters. The van der Waals surface area contributed by atoms with E-state index in [4.69, 9.17) is 26.4 Å². The van der Waals surface area contributed by atoms with Crippen LogP contribution >= 0.6 is 12.2 Å². The third-order valence-corrected chi connectivity index (χ3v) is 6.23. The molecule has 0 bridgehead atoms. The Labute approximate surface area is 205 Å². The molecule has 1 saturated heterocycles. The highest BCUT2D eigenvalue weighted by Crippen LogP contribution is 2.43. The van der Waals surface area contributed by atoms with Gasteiger partial charge in [0, 0.05) is 31.6 Å². The van der Waals surface area contributed by atoms with E-state index in [-0.39, 0.29) is 29.6 Å². The van der Waals surface area contributed by atoms with E-state index < -0.39 is 0 Å². The van der Waals surface area contributed by atoms with Gasteiger partial charge < -0.3 is 29.7 Å². The summed E-state index contributed by atoms with van der Waals surface area (Å²) in [5, 5.41) is 6.88. The fourth-order valence-electron chi connectivity index (χ4n) is 4.15. The van der Waals surface area contributed by atoms with Gasteiger partial charge in [-0.2, -0.15) is 0 Å². The molecule has 0 unspecified atom stereocenters. The first-order chi connectivity index (χ1) is 16.3. The normalized spacial score (nSPS) is 17.4. The molecule has 9 heteroatoms. The van der Waals surface area contributed by atoms with Crippen LogP contribution in [-0.4, -0.2) is 56.4 Å². The van der Waals surface area contributed by atoms with Crippen molar-refractivity contribution in [3.05, 3.63) is 53.3 Å². The summed E-state index contributed by atoms with van der Waals surface area (Å²) in [5.41, 5.74) is 1.72. The van der Waals surface area contributed by atoms with E-state index in [1.54, 1.807) is 33.5 Å². The first-order valence-electron chi connectivity index (χ1n) is 11.1. The van der Waals surface area contributed by atoms with Crippen LogP contribution in [0.5, 0.6) is 17.2 Å². The second kappa shape index (κ2) is 11.4. The summed E-state index contributed by atoms with van der Waals surface area (Å²) in [7, 11) is 4.69. The number of nitrogens with one attached hydrogen (secondary N) is 2. The second-order valence-corrected chi connectivity index (χ2v) is 8.91. The van der Waals surface area contributed by atoms with Crippen molar-refractivity contribution >= 4 is 23.2 Å². The van der Waals surface area contributed by atoms with Gasteiger partial charge in [-0.15, -0.1) is 0 Å².